The monoisotopic (exact) mass is 550 g/mol. The molecule has 9 nitrogen and oxygen atoms in total. The first-order chi connectivity index (χ1) is 18.0. The van der Waals surface area contributed by atoms with E-state index in [-0.39, 0.29) is 22.7 Å². The van der Waals surface area contributed by atoms with Crippen LogP contribution in [0.25, 0.3) is 0 Å². The number of alkyl halides is 3. The Morgan fingerprint density at radius 1 is 1.18 bits per heavy atom. The van der Waals surface area contributed by atoms with Crippen LogP contribution in [0.3, 0.4) is 0 Å². The number of benzene rings is 2. The highest BCUT2D eigenvalue weighted by Crippen LogP contribution is 2.34. The number of thiazole rings is 1. The molecule has 0 unspecified atom stereocenters. The first kappa shape index (κ1) is 28.9. The van der Waals surface area contributed by atoms with Gasteiger partial charge in [0.05, 0.1) is 11.8 Å². The first-order valence-corrected chi connectivity index (χ1v) is 12.5. The second kappa shape index (κ2) is 12.7. The van der Waals surface area contributed by atoms with Gasteiger partial charge in [-0.1, -0.05) is 23.5 Å². The molecule has 2 aromatic carbocycles. The SMILES string of the molecule is CNc1ncc(C(=O)O)s1.Cc1ccc(C(=O)Nc2ccc(CN3CCNCC3)c(C(F)(F)F)c2)cc1N. The lowest BCUT2D eigenvalue weighted by Gasteiger charge is -2.28. The first-order valence-electron chi connectivity index (χ1n) is 11.7. The molecule has 1 aromatic heterocycles. The van der Waals surface area contributed by atoms with Gasteiger partial charge in [-0.3, -0.25) is 9.69 Å². The summed E-state index contributed by atoms with van der Waals surface area (Å²) in [5.41, 5.74) is 6.95. The Hall–Kier alpha value is -3.68. The van der Waals surface area contributed by atoms with Gasteiger partial charge in [0.2, 0.25) is 0 Å². The van der Waals surface area contributed by atoms with Crippen molar-refractivity contribution in [1.29, 1.82) is 0 Å². The Kier molecular flexibility index (Phi) is 9.66. The number of carboxylic acids is 1. The Bertz CT molecular complexity index is 1280. The third-order valence-electron chi connectivity index (χ3n) is 5.75. The molecule has 0 aliphatic carbocycles. The second-order valence-electron chi connectivity index (χ2n) is 8.51. The van der Waals surface area contributed by atoms with Crippen molar-refractivity contribution in [1.82, 2.24) is 15.2 Å². The summed E-state index contributed by atoms with van der Waals surface area (Å²) in [5, 5.41) is 17.5. The van der Waals surface area contributed by atoms with E-state index >= 15 is 0 Å². The van der Waals surface area contributed by atoms with E-state index in [0.29, 0.717) is 29.5 Å². The smallest absolute Gasteiger partial charge is 0.416 e. The molecule has 1 aliphatic rings. The van der Waals surface area contributed by atoms with Gasteiger partial charge in [0, 0.05) is 56.7 Å². The number of carbonyl (C=O) groups is 2. The number of aromatic carboxylic acids is 1. The summed E-state index contributed by atoms with van der Waals surface area (Å²) in [6, 6.07) is 8.72. The standard InChI is InChI=1S/C20H23F3N4O.C5H6N2O2S/c1-13-2-3-14(10-18(13)24)19(28)26-16-5-4-15(17(11-16)20(21,22)23)12-27-8-6-25-7-9-27;1-6-5-7-2-3(10-5)4(8)9/h2-5,10-11,25H,6-9,12,24H2,1H3,(H,26,28);2H,1H3,(H,6,7)(H,8,9). The highest BCUT2D eigenvalue weighted by Gasteiger charge is 2.34. The molecular weight excluding hydrogens is 521 g/mol. The number of hydrogen-bond acceptors (Lipinski definition) is 8. The number of carbonyl (C=O) groups excluding carboxylic acids is 1. The van der Waals surface area contributed by atoms with Crippen LogP contribution >= 0.6 is 11.3 Å². The number of piperazine rings is 1. The molecule has 4 rings (SSSR count). The van der Waals surface area contributed by atoms with E-state index in [1.54, 1.807) is 19.2 Å². The van der Waals surface area contributed by atoms with Gasteiger partial charge < -0.3 is 26.8 Å². The van der Waals surface area contributed by atoms with Crippen molar-refractivity contribution < 1.29 is 27.9 Å². The summed E-state index contributed by atoms with van der Waals surface area (Å²) in [7, 11) is 1.70. The van der Waals surface area contributed by atoms with Crippen LogP contribution in [0.2, 0.25) is 0 Å². The molecule has 0 radical (unpaired) electrons. The van der Waals surface area contributed by atoms with E-state index in [0.717, 1.165) is 36.1 Å². The molecule has 0 bridgehead atoms. The average molecular weight is 551 g/mol. The Labute approximate surface area is 221 Å². The molecule has 1 saturated heterocycles. The summed E-state index contributed by atoms with van der Waals surface area (Å²) in [5.74, 6) is -1.44. The fraction of sp³-hybridized carbons (Fsp3) is 0.320. The van der Waals surface area contributed by atoms with Crippen molar-refractivity contribution in [3.8, 4) is 0 Å². The molecule has 0 atom stereocenters. The molecule has 1 amide bonds. The molecule has 1 aliphatic heterocycles. The number of nitrogens with two attached hydrogens (primary N) is 1. The average Bonchev–Trinajstić information content (AvgIpc) is 3.37. The van der Waals surface area contributed by atoms with Crippen LogP contribution in [-0.4, -0.2) is 60.1 Å². The van der Waals surface area contributed by atoms with E-state index in [4.69, 9.17) is 10.8 Å². The van der Waals surface area contributed by atoms with Gasteiger partial charge in [-0.2, -0.15) is 13.2 Å². The second-order valence-corrected chi connectivity index (χ2v) is 9.54. The number of anilines is 3. The molecule has 0 saturated carbocycles. The third kappa shape index (κ3) is 7.91. The van der Waals surface area contributed by atoms with E-state index in [2.05, 4.69) is 20.9 Å². The van der Waals surface area contributed by atoms with E-state index in [9.17, 15) is 22.8 Å². The zero-order chi connectivity index (χ0) is 27.9. The number of carboxylic acid groups (broad SMARTS) is 1. The van der Waals surface area contributed by atoms with Crippen LogP contribution in [0.5, 0.6) is 0 Å². The predicted molar refractivity (Wildman–Crippen MR) is 142 cm³/mol. The maximum atomic E-state index is 13.6. The highest BCUT2D eigenvalue weighted by atomic mass is 32.1. The normalized spacial score (nSPS) is 13.8. The van der Waals surface area contributed by atoms with Crippen LogP contribution in [0, 0.1) is 6.92 Å². The van der Waals surface area contributed by atoms with Gasteiger partial charge in [-0.15, -0.1) is 0 Å². The Morgan fingerprint density at radius 2 is 1.89 bits per heavy atom. The summed E-state index contributed by atoms with van der Waals surface area (Å²) in [4.78, 5) is 28.7. The molecule has 38 heavy (non-hydrogen) atoms. The number of rotatable bonds is 6. The highest BCUT2D eigenvalue weighted by molar-refractivity contribution is 7.17. The molecule has 6 N–H and O–H groups in total. The fourth-order valence-corrected chi connectivity index (χ4v) is 4.25. The quantitative estimate of drug-likeness (QED) is 0.290. The zero-order valence-electron chi connectivity index (χ0n) is 20.9. The van der Waals surface area contributed by atoms with Gasteiger partial charge >= 0.3 is 12.1 Å². The summed E-state index contributed by atoms with van der Waals surface area (Å²) < 4.78 is 40.7. The fourth-order valence-electron chi connectivity index (χ4n) is 3.64. The molecule has 1 fully saturated rings. The van der Waals surface area contributed by atoms with Crippen molar-refractivity contribution in [2.24, 2.45) is 0 Å². The predicted octanol–water partition coefficient (Wildman–Crippen LogP) is 4.14. The largest absolute Gasteiger partial charge is 0.477 e. The number of amides is 1. The van der Waals surface area contributed by atoms with Gasteiger partial charge in [0.15, 0.2) is 5.13 Å². The molecule has 13 heteroatoms. The topological polar surface area (TPSA) is 133 Å². The van der Waals surface area contributed by atoms with E-state index < -0.39 is 23.6 Å². The van der Waals surface area contributed by atoms with Crippen LogP contribution in [0.1, 0.15) is 36.7 Å². The van der Waals surface area contributed by atoms with Crippen molar-refractivity contribution >= 4 is 39.7 Å². The van der Waals surface area contributed by atoms with E-state index in [1.165, 1.54) is 24.4 Å². The number of nitrogen functional groups attached to an aromatic ring is 1. The lowest BCUT2D eigenvalue weighted by Crippen LogP contribution is -2.43. The third-order valence-corrected chi connectivity index (χ3v) is 6.75. The van der Waals surface area contributed by atoms with Gasteiger partial charge in [-0.25, -0.2) is 9.78 Å². The van der Waals surface area contributed by atoms with Gasteiger partial charge in [0.25, 0.3) is 5.91 Å². The summed E-state index contributed by atoms with van der Waals surface area (Å²) in [6.07, 6.45) is -3.17. The molecule has 2 heterocycles. The number of hydrogen-bond donors (Lipinski definition) is 5. The van der Waals surface area contributed by atoms with Crippen LogP contribution < -0.4 is 21.7 Å². The number of halogens is 3. The van der Waals surface area contributed by atoms with Crippen LogP contribution in [0.15, 0.2) is 42.6 Å². The maximum Gasteiger partial charge on any atom is 0.416 e. The number of aromatic nitrogens is 1. The van der Waals surface area contributed by atoms with E-state index in [1.807, 2.05) is 11.8 Å². The van der Waals surface area contributed by atoms with Gasteiger partial charge in [0.1, 0.15) is 4.88 Å². The number of aryl methyl sites for hydroxylation is 1. The molecular formula is C25H29F3N6O3S. The molecule has 0 spiro atoms. The summed E-state index contributed by atoms with van der Waals surface area (Å²) >= 11 is 1.12. The van der Waals surface area contributed by atoms with Crippen molar-refractivity contribution in [2.45, 2.75) is 19.6 Å². The minimum Gasteiger partial charge on any atom is -0.477 e. The summed E-state index contributed by atoms with van der Waals surface area (Å²) in [6.45, 7) is 4.95. The van der Waals surface area contributed by atoms with Crippen LogP contribution in [-0.2, 0) is 12.7 Å². The minimum absolute atomic E-state index is 0.0977. The molecule has 3 aromatic rings. The Balaban J connectivity index is 0.000000336. The molecule has 204 valence electrons. The lowest BCUT2D eigenvalue weighted by atomic mass is 10.0. The van der Waals surface area contributed by atoms with Crippen LogP contribution in [0.4, 0.5) is 29.7 Å². The number of nitrogens with one attached hydrogen (secondary N) is 3. The lowest BCUT2D eigenvalue weighted by molar-refractivity contribution is -0.138. The Morgan fingerprint density at radius 3 is 2.45 bits per heavy atom. The minimum atomic E-state index is -4.50. The van der Waals surface area contributed by atoms with Crippen molar-refractivity contribution in [3.63, 3.8) is 0 Å². The van der Waals surface area contributed by atoms with Crippen molar-refractivity contribution in [3.05, 3.63) is 69.7 Å². The maximum absolute atomic E-state index is 13.6. The zero-order valence-corrected chi connectivity index (χ0v) is 21.7. The van der Waals surface area contributed by atoms with Gasteiger partial charge in [-0.05, 0) is 42.3 Å². The number of nitrogens with zero attached hydrogens (tertiary/aromatic N) is 2. The van der Waals surface area contributed by atoms with Crippen molar-refractivity contribution in [2.75, 3.05) is 49.6 Å².